The van der Waals surface area contributed by atoms with Crippen molar-refractivity contribution in [1.29, 1.82) is 0 Å². The van der Waals surface area contributed by atoms with E-state index in [0.29, 0.717) is 11.0 Å². The molecule has 1 aliphatic rings. The number of nitrogens with one attached hydrogen (secondary N) is 2. The van der Waals surface area contributed by atoms with Crippen LogP contribution in [0.3, 0.4) is 0 Å². The largest absolute Gasteiger partial charge is 0.373 e. The van der Waals surface area contributed by atoms with Gasteiger partial charge in [0.2, 0.25) is 0 Å². The van der Waals surface area contributed by atoms with Gasteiger partial charge in [0.15, 0.2) is 5.16 Å². The highest BCUT2D eigenvalue weighted by molar-refractivity contribution is 7.98. The molecule has 0 aromatic carbocycles. The lowest BCUT2D eigenvalue weighted by Gasteiger charge is -2.23. The summed E-state index contributed by atoms with van der Waals surface area (Å²) in [6.07, 6.45) is 4.12. The standard InChI is InChI=1S/C11H19N5OS/c1-11(4-3-5-17-11)7-13-8-6-9(16-12)15-10(14-8)18-2/h6H,3-5,7,12H2,1-2H3,(H2,13,14,15,16). The minimum atomic E-state index is -0.0965. The summed E-state index contributed by atoms with van der Waals surface area (Å²) in [5.74, 6) is 6.75. The summed E-state index contributed by atoms with van der Waals surface area (Å²) < 4.78 is 5.72. The summed E-state index contributed by atoms with van der Waals surface area (Å²) in [5.41, 5.74) is 2.45. The fraction of sp³-hybridized carbons (Fsp3) is 0.636. The zero-order chi connectivity index (χ0) is 13.0. The van der Waals surface area contributed by atoms with Crippen molar-refractivity contribution in [1.82, 2.24) is 9.97 Å². The number of hydrogen-bond donors (Lipinski definition) is 3. The van der Waals surface area contributed by atoms with E-state index in [9.17, 15) is 0 Å². The lowest BCUT2D eigenvalue weighted by atomic mass is 10.0. The van der Waals surface area contributed by atoms with Gasteiger partial charge in [-0.15, -0.1) is 0 Å². The van der Waals surface area contributed by atoms with Crippen molar-refractivity contribution >= 4 is 23.4 Å². The second-order valence-corrected chi connectivity index (χ2v) is 5.30. The Morgan fingerprint density at radius 3 is 2.89 bits per heavy atom. The summed E-state index contributed by atoms with van der Waals surface area (Å²) in [6.45, 7) is 3.70. The number of anilines is 2. The topological polar surface area (TPSA) is 85.1 Å². The summed E-state index contributed by atoms with van der Waals surface area (Å²) in [6, 6.07) is 1.79. The molecule has 100 valence electrons. The highest BCUT2D eigenvalue weighted by Crippen LogP contribution is 2.25. The number of aromatic nitrogens is 2. The van der Waals surface area contributed by atoms with Crippen LogP contribution in [0.4, 0.5) is 11.6 Å². The SMILES string of the molecule is CSc1nc(NN)cc(NCC2(C)CCCO2)n1. The molecule has 4 N–H and O–H groups in total. The zero-order valence-electron chi connectivity index (χ0n) is 10.7. The molecule has 0 aliphatic carbocycles. The van der Waals surface area contributed by atoms with Gasteiger partial charge >= 0.3 is 0 Å². The minimum absolute atomic E-state index is 0.0965. The van der Waals surface area contributed by atoms with Gasteiger partial charge in [0.25, 0.3) is 0 Å². The Hall–Kier alpha value is -1.05. The van der Waals surface area contributed by atoms with Crippen LogP contribution in [0.15, 0.2) is 11.2 Å². The number of hydrazine groups is 1. The first-order valence-electron chi connectivity index (χ1n) is 5.93. The Morgan fingerprint density at radius 2 is 2.28 bits per heavy atom. The van der Waals surface area contributed by atoms with E-state index in [1.165, 1.54) is 11.8 Å². The van der Waals surface area contributed by atoms with Crippen LogP contribution in [0.1, 0.15) is 19.8 Å². The van der Waals surface area contributed by atoms with Crippen LogP contribution >= 0.6 is 11.8 Å². The van der Waals surface area contributed by atoms with Gasteiger partial charge in [-0.05, 0) is 26.0 Å². The zero-order valence-corrected chi connectivity index (χ0v) is 11.5. The number of hydrogen-bond acceptors (Lipinski definition) is 7. The van der Waals surface area contributed by atoms with Crippen molar-refractivity contribution in [3.05, 3.63) is 6.07 Å². The number of rotatable bonds is 5. The molecule has 1 aromatic heterocycles. The van der Waals surface area contributed by atoms with Crippen LogP contribution < -0.4 is 16.6 Å². The minimum Gasteiger partial charge on any atom is -0.373 e. The Morgan fingerprint density at radius 1 is 1.50 bits per heavy atom. The van der Waals surface area contributed by atoms with Gasteiger partial charge in [-0.2, -0.15) is 0 Å². The average Bonchev–Trinajstić information content (AvgIpc) is 2.83. The third kappa shape index (κ3) is 3.24. The molecule has 1 aromatic rings. The molecule has 7 heteroatoms. The van der Waals surface area contributed by atoms with Gasteiger partial charge in [0.05, 0.1) is 5.60 Å². The predicted octanol–water partition coefficient (Wildman–Crippen LogP) is 1.47. The lowest BCUT2D eigenvalue weighted by molar-refractivity contribution is 0.0314. The van der Waals surface area contributed by atoms with Crippen molar-refractivity contribution in [2.75, 3.05) is 30.1 Å². The van der Waals surface area contributed by atoms with Crippen molar-refractivity contribution in [2.24, 2.45) is 5.84 Å². The summed E-state index contributed by atoms with van der Waals surface area (Å²) >= 11 is 1.48. The van der Waals surface area contributed by atoms with Gasteiger partial charge in [0, 0.05) is 19.2 Å². The maximum atomic E-state index is 5.72. The van der Waals surface area contributed by atoms with E-state index in [2.05, 4.69) is 27.6 Å². The molecule has 6 nitrogen and oxygen atoms in total. The number of nitrogens with zero attached hydrogens (tertiary/aromatic N) is 2. The molecule has 0 radical (unpaired) electrons. The molecule has 0 bridgehead atoms. The Balaban J connectivity index is 2.04. The normalized spacial score (nSPS) is 23.1. The van der Waals surface area contributed by atoms with E-state index < -0.39 is 0 Å². The van der Waals surface area contributed by atoms with Gasteiger partial charge in [-0.3, -0.25) is 0 Å². The Bertz CT molecular complexity index is 386. The molecule has 0 spiro atoms. The van der Waals surface area contributed by atoms with Crippen molar-refractivity contribution in [3.63, 3.8) is 0 Å². The molecule has 1 aliphatic heterocycles. The first kappa shape index (κ1) is 13.4. The average molecular weight is 269 g/mol. The lowest BCUT2D eigenvalue weighted by Crippen LogP contribution is -2.32. The molecule has 2 rings (SSSR count). The second kappa shape index (κ2) is 5.73. The molecule has 1 saturated heterocycles. The predicted molar refractivity (Wildman–Crippen MR) is 73.7 cm³/mol. The van der Waals surface area contributed by atoms with E-state index in [1.807, 2.05) is 6.26 Å². The van der Waals surface area contributed by atoms with Crippen LogP contribution in [-0.4, -0.2) is 35.0 Å². The Kier molecular flexibility index (Phi) is 4.26. The maximum Gasteiger partial charge on any atom is 0.191 e. The third-order valence-electron chi connectivity index (χ3n) is 2.98. The van der Waals surface area contributed by atoms with Gasteiger partial charge in [-0.1, -0.05) is 11.8 Å². The molecule has 0 saturated carbocycles. The molecule has 1 unspecified atom stereocenters. The van der Waals surface area contributed by atoms with Crippen molar-refractivity contribution < 1.29 is 4.74 Å². The number of ether oxygens (including phenoxy) is 1. The van der Waals surface area contributed by atoms with Crippen LogP contribution in [0, 0.1) is 0 Å². The second-order valence-electron chi connectivity index (χ2n) is 4.52. The Labute approximate surface area is 111 Å². The van der Waals surface area contributed by atoms with E-state index in [4.69, 9.17) is 10.6 Å². The molecule has 0 amide bonds. The quantitative estimate of drug-likeness (QED) is 0.323. The van der Waals surface area contributed by atoms with Crippen molar-refractivity contribution in [3.8, 4) is 0 Å². The van der Waals surface area contributed by atoms with Crippen LogP contribution in [0.2, 0.25) is 0 Å². The summed E-state index contributed by atoms with van der Waals surface area (Å²) in [4.78, 5) is 8.59. The van der Waals surface area contributed by atoms with E-state index >= 15 is 0 Å². The molecule has 2 heterocycles. The third-order valence-corrected chi connectivity index (χ3v) is 3.53. The van der Waals surface area contributed by atoms with E-state index in [-0.39, 0.29) is 5.60 Å². The highest BCUT2D eigenvalue weighted by Gasteiger charge is 2.29. The van der Waals surface area contributed by atoms with E-state index in [0.717, 1.165) is 31.8 Å². The fourth-order valence-electron chi connectivity index (χ4n) is 1.93. The van der Waals surface area contributed by atoms with Gasteiger partial charge in [-0.25, -0.2) is 15.8 Å². The van der Waals surface area contributed by atoms with Gasteiger partial charge < -0.3 is 15.5 Å². The molecular formula is C11H19N5OS. The number of nitrogens with two attached hydrogens (primary N) is 1. The highest BCUT2D eigenvalue weighted by atomic mass is 32.2. The van der Waals surface area contributed by atoms with Crippen LogP contribution in [0.5, 0.6) is 0 Å². The molecule has 1 atom stereocenters. The molecule has 1 fully saturated rings. The van der Waals surface area contributed by atoms with Crippen LogP contribution in [-0.2, 0) is 4.74 Å². The van der Waals surface area contributed by atoms with Crippen molar-refractivity contribution in [2.45, 2.75) is 30.5 Å². The number of thioether (sulfide) groups is 1. The van der Waals surface area contributed by atoms with Crippen LogP contribution in [0.25, 0.3) is 0 Å². The monoisotopic (exact) mass is 269 g/mol. The first-order chi connectivity index (χ1) is 8.65. The smallest absolute Gasteiger partial charge is 0.191 e. The van der Waals surface area contributed by atoms with E-state index in [1.54, 1.807) is 6.07 Å². The maximum absolute atomic E-state index is 5.72. The van der Waals surface area contributed by atoms with Gasteiger partial charge in [0.1, 0.15) is 11.6 Å². The molecule has 18 heavy (non-hydrogen) atoms. The summed E-state index contributed by atoms with van der Waals surface area (Å²) in [7, 11) is 0. The summed E-state index contributed by atoms with van der Waals surface area (Å²) in [5, 5.41) is 3.98. The fourth-order valence-corrected chi connectivity index (χ4v) is 2.31. The number of nitrogen functional groups attached to an aromatic ring is 1. The first-order valence-corrected chi connectivity index (χ1v) is 7.15. The molecular weight excluding hydrogens is 250 g/mol.